The number of hydrogen-bond acceptors (Lipinski definition) is 5. The van der Waals surface area contributed by atoms with Gasteiger partial charge in [0.1, 0.15) is 17.5 Å². The van der Waals surface area contributed by atoms with Gasteiger partial charge in [-0.2, -0.15) is 0 Å². The van der Waals surface area contributed by atoms with E-state index >= 15 is 0 Å². The molecule has 9 heteroatoms. The van der Waals surface area contributed by atoms with Crippen LogP contribution in [0.2, 0.25) is 0 Å². The topological polar surface area (TPSA) is 80.0 Å². The molecule has 3 aromatic rings. The molecule has 1 aliphatic carbocycles. The lowest BCUT2D eigenvalue weighted by Gasteiger charge is -2.25. The Morgan fingerprint density at radius 3 is 2.42 bits per heavy atom. The number of aliphatic hydroxyl groups is 1. The third kappa shape index (κ3) is 4.10. The molecule has 176 valence electrons. The van der Waals surface area contributed by atoms with E-state index in [9.17, 15) is 23.1 Å². The lowest BCUT2D eigenvalue weighted by molar-refractivity contribution is 0.0777. The third-order valence-electron chi connectivity index (χ3n) is 6.27. The number of anilines is 1. The highest BCUT2D eigenvalue weighted by Crippen LogP contribution is 2.43. The Bertz CT molecular complexity index is 1290. The van der Waals surface area contributed by atoms with E-state index in [1.165, 1.54) is 26.0 Å². The highest BCUT2D eigenvalue weighted by molar-refractivity contribution is 5.91. The molecule has 1 saturated carbocycles. The second kappa shape index (κ2) is 7.83. The van der Waals surface area contributed by atoms with Crippen LogP contribution in [0.4, 0.5) is 19.0 Å². The molecule has 0 spiro atoms. The molecule has 1 aromatic carbocycles. The second-order valence-corrected chi connectivity index (χ2v) is 9.53. The fraction of sp³-hybridized carbons (Fsp3) is 0.458. The van der Waals surface area contributed by atoms with Crippen molar-refractivity contribution in [2.75, 3.05) is 5.32 Å². The number of rotatable bonds is 6. The minimum absolute atomic E-state index is 0.0717. The lowest BCUT2D eigenvalue weighted by atomic mass is 9.96. The average Bonchev–Trinajstić information content (AvgIpc) is 3.44. The minimum Gasteiger partial charge on any atom is -0.385 e. The van der Waals surface area contributed by atoms with Gasteiger partial charge in [-0.05, 0) is 47.5 Å². The standard InChI is InChI=1S/C24H27F3N4O2/c1-12(14-7-6-8-15(18(14)25)20(26)27)28-21-16-11-31(24(5)9-10-24)22(32)17(23(3,4)33)19(16)29-13(2)30-21/h6-8,11-12,20,33H,9-10H2,1-5H3,(H,28,29,30)/t12-/m1/s1. The van der Waals surface area contributed by atoms with Crippen LogP contribution in [0.15, 0.2) is 29.2 Å². The smallest absolute Gasteiger partial charge is 0.266 e. The Hall–Kier alpha value is -2.94. The first-order chi connectivity index (χ1) is 15.3. The van der Waals surface area contributed by atoms with E-state index in [1.807, 2.05) is 6.92 Å². The summed E-state index contributed by atoms with van der Waals surface area (Å²) < 4.78 is 42.7. The van der Waals surface area contributed by atoms with Crippen LogP contribution in [-0.2, 0) is 11.1 Å². The van der Waals surface area contributed by atoms with Crippen molar-refractivity contribution < 1.29 is 18.3 Å². The lowest BCUT2D eigenvalue weighted by Crippen LogP contribution is -2.36. The Kier molecular flexibility index (Phi) is 5.51. The van der Waals surface area contributed by atoms with E-state index in [0.717, 1.165) is 18.9 Å². The molecule has 4 rings (SSSR count). The van der Waals surface area contributed by atoms with Gasteiger partial charge in [0.2, 0.25) is 0 Å². The zero-order chi connectivity index (χ0) is 24.3. The predicted octanol–water partition coefficient (Wildman–Crippen LogP) is 5.09. The van der Waals surface area contributed by atoms with Gasteiger partial charge >= 0.3 is 0 Å². The molecule has 0 unspecified atom stereocenters. The van der Waals surface area contributed by atoms with Gasteiger partial charge in [-0.25, -0.2) is 23.1 Å². The van der Waals surface area contributed by atoms with Crippen molar-refractivity contribution in [3.8, 4) is 0 Å². The fourth-order valence-corrected chi connectivity index (χ4v) is 4.14. The summed E-state index contributed by atoms with van der Waals surface area (Å²) in [6.45, 7) is 8.31. The van der Waals surface area contributed by atoms with Gasteiger partial charge in [0.25, 0.3) is 12.0 Å². The Morgan fingerprint density at radius 1 is 1.21 bits per heavy atom. The van der Waals surface area contributed by atoms with Crippen LogP contribution < -0.4 is 10.9 Å². The Morgan fingerprint density at radius 2 is 1.85 bits per heavy atom. The molecule has 0 bridgehead atoms. The number of benzene rings is 1. The Balaban J connectivity index is 1.91. The van der Waals surface area contributed by atoms with Crippen LogP contribution in [0.3, 0.4) is 0 Å². The van der Waals surface area contributed by atoms with E-state index in [0.29, 0.717) is 22.5 Å². The first-order valence-electron chi connectivity index (χ1n) is 10.8. The molecule has 1 fully saturated rings. The minimum atomic E-state index is -2.93. The summed E-state index contributed by atoms with van der Waals surface area (Å²) in [5.74, 6) is -0.295. The van der Waals surface area contributed by atoms with Crippen molar-refractivity contribution in [1.29, 1.82) is 0 Å². The first-order valence-corrected chi connectivity index (χ1v) is 10.8. The number of pyridine rings is 1. The number of hydrogen-bond donors (Lipinski definition) is 2. The molecule has 1 aliphatic rings. The van der Waals surface area contributed by atoms with Gasteiger partial charge in [0, 0.05) is 17.3 Å². The average molecular weight is 461 g/mol. The molecule has 0 saturated heterocycles. The summed E-state index contributed by atoms with van der Waals surface area (Å²) in [7, 11) is 0. The van der Waals surface area contributed by atoms with Gasteiger partial charge in [-0.3, -0.25) is 4.79 Å². The summed E-state index contributed by atoms with van der Waals surface area (Å²) in [5.41, 5.74) is -2.28. The molecule has 1 atom stereocenters. The molecule has 0 radical (unpaired) electrons. The van der Waals surface area contributed by atoms with Crippen molar-refractivity contribution in [2.24, 2.45) is 0 Å². The zero-order valence-corrected chi connectivity index (χ0v) is 19.2. The van der Waals surface area contributed by atoms with Crippen molar-refractivity contribution >= 4 is 16.7 Å². The van der Waals surface area contributed by atoms with Crippen LogP contribution in [0.5, 0.6) is 0 Å². The van der Waals surface area contributed by atoms with Crippen molar-refractivity contribution in [1.82, 2.24) is 14.5 Å². The summed E-state index contributed by atoms with van der Waals surface area (Å²) in [6, 6.07) is 3.19. The van der Waals surface area contributed by atoms with Gasteiger partial charge in [-0.1, -0.05) is 18.2 Å². The maximum atomic E-state index is 14.7. The number of alkyl halides is 2. The van der Waals surface area contributed by atoms with Crippen molar-refractivity contribution in [3.63, 3.8) is 0 Å². The van der Waals surface area contributed by atoms with Gasteiger partial charge in [-0.15, -0.1) is 0 Å². The molecular formula is C24H27F3N4O2. The van der Waals surface area contributed by atoms with Crippen LogP contribution in [0.1, 0.15) is 75.5 Å². The first kappa shape index (κ1) is 23.2. The summed E-state index contributed by atoms with van der Waals surface area (Å²) in [5, 5.41) is 14.4. The maximum absolute atomic E-state index is 14.7. The van der Waals surface area contributed by atoms with Crippen LogP contribution in [0.25, 0.3) is 10.9 Å². The van der Waals surface area contributed by atoms with Gasteiger partial charge in [0.15, 0.2) is 0 Å². The monoisotopic (exact) mass is 460 g/mol. The molecule has 0 aliphatic heterocycles. The van der Waals surface area contributed by atoms with E-state index < -0.39 is 29.4 Å². The maximum Gasteiger partial charge on any atom is 0.266 e. The van der Waals surface area contributed by atoms with E-state index in [1.54, 1.807) is 24.6 Å². The quantitative estimate of drug-likeness (QED) is 0.536. The van der Waals surface area contributed by atoms with Crippen LogP contribution in [-0.4, -0.2) is 19.6 Å². The normalized spacial score (nSPS) is 16.3. The molecule has 33 heavy (non-hydrogen) atoms. The molecular weight excluding hydrogens is 433 g/mol. The number of aryl methyl sites for hydroxylation is 1. The summed E-state index contributed by atoms with van der Waals surface area (Å²) >= 11 is 0. The van der Waals surface area contributed by atoms with Crippen LogP contribution >= 0.6 is 0 Å². The van der Waals surface area contributed by atoms with E-state index in [2.05, 4.69) is 15.3 Å². The summed E-state index contributed by atoms with van der Waals surface area (Å²) in [6.07, 6.45) is 0.380. The van der Waals surface area contributed by atoms with E-state index in [4.69, 9.17) is 0 Å². The van der Waals surface area contributed by atoms with Crippen molar-refractivity contribution in [3.05, 3.63) is 63.1 Å². The number of halogens is 3. The third-order valence-corrected chi connectivity index (χ3v) is 6.27. The fourth-order valence-electron chi connectivity index (χ4n) is 4.14. The number of aromatic nitrogens is 3. The molecule has 2 aromatic heterocycles. The van der Waals surface area contributed by atoms with E-state index in [-0.39, 0.29) is 22.2 Å². The Labute approximate surface area is 189 Å². The zero-order valence-electron chi connectivity index (χ0n) is 19.2. The molecule has 6 nitrogen and oxygen atoms in total. The molecule has 2 N–H and O–H groups in total. The molecule has 0 amide bonds. The largest absolute Gasteiger partial charge is 0.385 e. The van der Waals surface area contributed by atoms with Gasteiger partial charge in [0.05, 0.1) is 33.7 Å². The molecule has 2 heterocycles. The number of nitrogens with one attached hydrogen (secondary N) is 1. The SMILES string of the molecule is Cc1nc(N[C@H](C)c2cccc(C(F)F)c2F)c2cn(C3(C)CC3)c(=O)c(C(C)(C)O)c2n1. The predicted molar refractivity (Wildman–Crippen MR) is 120 cm³/mol. The van der Waals surface area contributed by atoms with Crippen LogP contribution in [0, 0.1) is 12.7 Å². The number of nitrogens with zero attached hydrogens (tertiary/aromatic N) is 3. The summed E-state index contributed by atoms with van der Waals surface area (Å²) in [4.78, 5) is 22.2. The highest BCUT2D eigenvalue weighted by Gasteiger charge is 2.42. The number of fused-ring (bicyclic) bond motifs is 1. The highest BCUT2D eigenvalue weighted by atomic mass is 19.3. The van der Waals surface area contributed by atoms with Gasteiger partial charge < -0.3 is 15.0 Å². The van der Waals surface area contributed by atoms with Crippen molar-refractivity contribution in [2.45, 2.75) is 71.1 Å². The second-order valence-electron chi connectivity index (χ2n) is 9.53.